The molecular formula is C8H12ClN3. The van der Waals surface area contributed by atoms with Crippen LogP contribution < -0.4 is 5.73 Å². The van der Waals surface area contributed by atoms with Crippen molar-refractivity contribution in [3.05, 3.63) is 11.9 Å². The Kier molecular flexibility index (Phi) is 3.29. The third-order valence-corrected chi connectivity index (χ3v) is 1.90. The minimum absolute atomic E-state index is 0.349. The van der Waals surface area contributed by atoms with Gasteiger partial charge in [0.25, 0.3) is 0 Å². The number of hydrogen-bond donors (Lipinski definition) is 1. The van der Waals surface area contributed by atoms with Gasteiger partial charge in [-0.25, -0.2) is 9.98 Å². The molecule has 1 rings (SSSR count). The summed E-state index contributed by atoms with van der Waals surface area (Å²) in [5.41, 5.74) is 5.41. The first-order valence-electron chi connectivity index (χ1n) is 3.83. The Morgan fingerprint density at radius 1 is 1.92 bits per heavy atom. The highest BCUT2D eigenvalue weighted by molar-refractivity contribution is 6.18. The second-order valence-corrected chi connectivity index (χ2v) is 3.05. The molecule has 0 aromatic heterocycles. The quantitative estimate of drug-likeness (QED) is 0.396. The van der Waals surface area contributed by atoms with E-state index in [2.05, 4.69) is 9.98 Å². The van der Waals surface area contributed by atoms with E-state index in [1.54, 1.807) is 6.92 Å². The maximum absolute atomic E-state index is 5.70. The molecule has 0 radical (unpaired) electrons. The van der Waals surface area contributed by atoms with Crippen molar-refractivity contribution < 1.29 is 0 Å². The Morgan fingerprint density at radius 2 is 2.67 bits per heavy atom. The molecule has 4 heteroatoms. The van der Waals surface area contributed by atoms with Crippen LogP contribution in [0.3, 0.4) is 0 Å². The van der Waals surface area contributed by atoms with Gasteiger partial charge in [-0.1, -0.05) is 0 Å². The van der Waals surface area contributed by atoms with Crippen LogP contribution in [-0.2, 0) is 0 Å². The molecule has 66 valence electrons. The van der Waals surface area contributed by atoms with Crippen molar-refractivity contribution in [2.75, 3.05) is 5.88 Å². The van der Waals surface area contributed by atoms with E-state index in [0.717, 1.165) is 6.42 Å². The molecule has 0 aromatic rings. The van der Waals surface area contributed by atoms with E-state index < -0.39 is 0 Å². The normalized spacial score (nSPS) is 24.0. The number of aliphatic imine (C=N–C) groups is 2. The van der Waals surface area contributed by atoms with Crippen LogP contribution in [0, 0.1) is 5.92 Å². The Balaban J connectivity index is 2.70. The number of halogens is 1. The van der Waals surface area contributed by atoms with E-state index in [-0.39, 0.29) is 0 Å². The number of alkyl halides is 1. The molecule has 12 heavy (non-hydrogen) atoms. The van der Waals surface area contributed by atoms with Gasteiger partial charge in [0.05, 0.1) is 5.84 Å². The van der Waals surface area contributed by atoms with E-state index in [1.807, 2.05) is 12.3 Å². The Bertz CT molecular complexity index is 239. The number of allylic oxidation sites excluding steroid dienone is 1. The molecule has 2 N–H and O–H groups in total. The summed E-state index contributed by atoms with van der Waals surface area (Å²) in [6.07, 6.45) is 4.67. The van der Waals surface area contributed by atoms with Crippen molar-refractivity contribution in [2.45, 2.75) is 13.3 Å². The van der Waals surface area contributed by atoms with Gasteiger partial charge in [-0.15, -0.1) is 11.6 Å². The standard InChI is InChI=1S/C8H12ClN3/c1-6(10)12-8-4-7(5-9)2-3-11-8/h3-4,7H,2,5H2,1H3,(H2,10,12). The second-order valence-electron chi connectivity index (χ2n) is 2.74. The van der Waals surface area contributed by atoms with Crippen molar-refractivity contribution in [1.82, 2.24) is 0 Å². The van der Waals surface area contributed by atoms with Crippen LogP contribution in [0.1, 0.15) is 13.3 Å². The number of nitrogens with zero attached hydrogens (tertiary/aromatic N) is 2. The zero-order valence-electron chi connectivity index (χ0n) is 7.00. The summed E-state index contributed by atoms with van der Waals surface area (Å²) in [5, 5.41) is 0. The summed E-state index contributed by atoms with van der Waals surface area (Å²) in [6, 6.07) is 0. The summed E-state index contributed by atoms with van der Waals surface area (Å²) in [5.74, 6) is 2.15. The fourth-order valence-corrected chi connectivity index (χ4v) is 1.17. The van der Waals surface area contributed by atoms with Crippen LogP contribution in [0.4, 0.5) is 0 Å². The molecule has 1 aliphatic rings. The van der Waals surface area contributed by atoms with Gasteiger partial charge in [0.2, 0.25) is 0 Å². The molecule has 1 heterocycles. The largest absolute Gasteiger partial charge is 0.387 e. The molecule has 0 saturated heterocycles. The minimum atomic E-state index is 0.349. The number of rotatable bonds is 2. The number of amidine groups is 1. The van der Waals surface area contributed by atoms with Crippen molar-refractivity contribution in [2.24, 2.45) is 21.6 Å². The highest BCUT2D eigenvalue weighted by Crippen LogP contribution is 2.15. The summed E-state index contributed by atoms with van der Waals surface area (Å²) < 4.78 is 0. The SMILES string of the molecule is CC(N)=NC1=CC(CCl)CC=N1. The molecule has 0 amide bonds. The van der Waals surface area contributed by atoms with Crippen molar-refractivity contribution in [1.29, 1.82) is 0 Å². The van der Waals surface area contributed by atoms with Gasteiger partial charge in [-0.3, -0.25) is 0 Å². The molecule has 0 aromatic carbocycles. The first-order valence-corrected chi connectivity index (χ1v) is 4.37. The lowest BCUT2D eigenvalue weighted by Gasteiger charge is -2.10. The zero-order valence-corrected chi connectivity index (χ0v) is 7.75. The fraction of sp³-hybridized carbons (Fsp3) is 0.500. The summed E-state index contributed by atoms with van der Waals surface area (Å²) in [7, 11) is 0. The molecule has 1 aliphatic heterocycles. The molecule has 0 saturated carbocycles. The van der Waals surface area contributed by atoms with E-state index >= 15 is 0 Å². The van der Waals surface area contributed by atoms with E-state index in [0.29, 0.717) is 23.5 Å². The summed E-state index contributed by atoms with van der Waals surface area (Å²) in [6.45, 7) is 1.74. The lowest BCUT2D eigenvalue weighted by atomic mass is 10.1. The molecule has 1 unspecified atom stereocenters. The predicted octanol–water partition coefficient (Wildman–Crippen LogP) is 1.53. The first-order chi connectivity index (χ1) is 5.72. The van der Waals surface area contributed by atoms with Crippen LogP contribution in [0.2, 0.25) is 0 Å². The maximum atomic E-state index is 5.70. The van der Waals surface area contributed by atoms with E-state index in [4.69, 9.17) is 17.3 Å². The van der Waals surface area contributed by atoms with Gasteiger partial charge in [0, 0.05) is 12.1 Å². The first kappa shape index (κ1) is 9.26. The smallest absolute Gasteiger partial charge is 0.149 e. The van der Waals surface area contributed by atoms with Crippen LogP contribution in [-0.4, -0.2) is 17.9 Å². The predicted molar refractivity (Wildman–Crippen MR) is 52.7 cm³/mol. The van der Waals surface area contributed by atoms with Gasteiger partial charge in [0.1, 0.15) is 5.82 Å². The van der Waals surface area contributed by atoms with Crippen LogP contribution >= 0.6 is 11.6 Å². The Labute approximate surface area is 77.0 Å². The van der Waals surface area contributed by atoms with E-state index in [1.165, 1.54) is 0 Å². The van der Waals surface area contributed by atoms with Gasteiger partial charge in [-0.2, -0.15) is 0 Å². The second kappa shape index (κ2) is 4.26. The van der Waals surface area contributed by atoms with Crippen LogP contribution in [0.15, 0.2) is 21.9 Å². The van der Waals surface area contributed by atoms with E-state index in [9.17, 15) is 0 Å². The van der Waals surface area contributed by atoms with Gasteiger partial charge >= 0.3 is 0 Å². The molecule has 0 fully saturated rings. The average molecular weight is 186 g/mol. The lowest BCUT2D eigenvalue weighted by Crippen LogP contribution is -2.08. The highest BCUT2D eigenvalue weighted by atomic mass is 35.5. The molecule has 0 spiro atoms. The molecule has 1 atom stereocenters. The van der Waals surface area contributed by atoms with Gasteiger partial charge < -0.3 is 5.73 Å². The maximum Gasteiger partial charge on any atom is 0.149 e. The molecular weight excluding hydrogens is 174 g/mol. The molecule has 0 bridgehead atoms. The van der Waals surface area contributed by atoms with Crippen molar-refractivity contribution in [3.63, 3.8) is 0 Å². The Hall–Kier alpha value is -0.830. The van der Waals surface area contributed by atoms with Crippen LogP contribution in [0.5, 0.6) is 0 Å². The number of hydrogen-bond acceptors (Lipinski definition) is 2. The zero-order chi connectivity index (χ0) is 8.97. The molecule has 3 nitrogen and oxygen atoms in total. The molecule has 0 aliphatic carbocycles. The van der Waals surface area contributed by atoms with Crippen LogP contribution in [0.25, 0.3) is 0 Å². The highest BCUT2D eigenvalue weighted by Gasteiger charge is 2.07. The third-order valence-electron chi connectivity index (χ3n) is 1.51. The monoisotopic (exact) mass is 185 g/mol. The van der Waals surface area contributed by atoms with Gasteiger partial charge in [-0.05, 0) is 25.3 Å². The topological polar surface area (TPSA) is 50.7 Å². The Morgan fingerprint density at radius 3 is 3.25 bits per heavy atom. The third kappa shape index (κ3) is 2.66. The number of nitrogens with two attached hydrogens (primary N) is 1. The average Bonchev–Trinajstić information content (AvgIpc) is 2.03. The summed E-state index contributed by atoms with van der Waals surface area (Å²) in [4.78, 5) is 8.11. The fourth-order valence-electron chi connectivity index (χ4n) is 0.958. The van der Waals surface area contributed by atoms with Crippen molar-refractivity contribution >= 4 is 23.7 Å². The van der Waals surface area contributed by atoms with Crippen molar-refractivity contribution in [3.8, 4) is 0 Å². The van der Waals surface area contributed by atoms with Gasteiger partial charge in [0.15, 0.2) is 0 Å². The summed E-state index contributed by atoms with van der Waals surface area (Å²) >= 11 is 5.70. The minimum Gasteiger partial charge on any atom is -0.387 e. The lowest BCUT2D eigenvalue weighted by molar-refractivity contribution is 0.759.